The van der Waals surface area contributed by atoms with Crippen LogP contribution in [0.3, 0.4) is 0 Å². The molecule has 0 heterocycles. The molecule has 0 bridgehead atoms. The van der Waals surface area contributed by atoms with Crippen LogP contribution >= 0.6 is 27.5 Å². The zero-order valence-electron chi connectivity index (χ0n) is 8.62. The predicted octanol–water partition coefficient (Wildman–Crippen LogP) is 4.17. The molecule has 2 unspecified atom stereocenters. The Balaban J connectivity index is 2.12. The maximum absolute atomic E-state index is 8.96. The van der Waals surface area contributed by atoms with Crippen molar-refractivity contribution in [3.63, 3.8) is 0 Å². The van der Waals surface area contributed by atoms with Crippen LogP contribution in [0.4, 0.5) is 0 Å². The average molecular weight is 301 g/mol. The molecular weight excluding hydrogens is 289 g/mol. The lowest BCUT2D eigenvalue weighted by atomic mass is 10.1. The number of rotatable bonds is 2. The number of halogens is 2. The zero-order chi connectivity index (χ0) is 11.5. The van der Waals surface area contributed by atoms with E-state index in [9.17, 15) is 0 Å². The number of hydrogen-bond donors (Lipinski definition) is 0. The molecule has 1 saturated carbocycles. The molecule has 1 aromatic carbocycles. The molecule has 0 aliphatic heterocycles. The van der Waals surface area contributed by atoms with Crippen LogP contribution in [0.2, 0.25) is 5.02 Å². The Bertz CT molecular complexity index is 430. The Morgan fingerprint density at radius 1 is 1.44 bits per heavy atom. The van der Waals surface area contributed by atoms with Crippen molar-refractivity contribution in [1.29, 1.82) is 5.26 Å². The van der Waals surface area contributed by atoms with E-state index in [0.29, 0.717) is 10.8 Å². The summed E-state index contributed by atoms with van der Waals surface area (Å²) in [7, 11) is 0. The normalized spacial score (nSPS) is 24.1. The lowest BCUT2D eigenvalue weighted by Crippen LogP contribution is -2.20. The molecule has 0 N–H and O–H groups in total. The summed E-state index contributed by atoms with van der Waals surface area (Å²) in [5, 5.41) is 9.54. The van der Waals surface area contributed by atoms with Crippen molar-refractivity contribution in [1.82, 2.24) is 0 Å². The topological polar surface area (TPSA) is 33.0 Å². The van der Waals surface area contributed by atoms with Crippen LogP contribution in [0.1, 0.15) is 19.3 Å². The highest BCUT2D eigenvalue weighted by Crippen LogP contribution is 2.33. The third kappa shape index (κ3) is 2.50. The summed E-state index contributed by atoms with van der Waals surface area (Å²) >= 11 is 9.40. The number of hydrogen-bond acceptors (Lipinski definition) is 2. The van der Waals surface area contributed by atoms with Gasteiger partial charge in [-0.3, -0.25) is 0 Å². The SMILES string of the molecule is N#CC1CCCC1Oc1ccc(Br)cc1Cl. The standard InChI is InChI=1S/C12H11BrClNO/c13-9-4-5-12(10(14)6-9)16-11-3-1-2-8(11)7-15/h4-6,8,11H,1-3H2. The Hall–Kier alpha value is -0.720. The van der Waals surface area contributed by atoms with Crippen LogP contribution in [0.25, 0.3) is 0 Å². The second kappa shape index (κ2) is 5.07. The predicted molar refractivity (Wildman–Crippen MR) is 66.5 cm³/mol. The van der Waals surface area contributed by atoms with Crippen LogP contribution in [-0.4, -0.2) is 6.10 Å². The van der Waals surface area contributed by atoms with E-state index in [0.717, 1.165) is 23.7 Å². The number of ether oxygens (including phenoxy) is 1. The fraction of sp³-hybridized carbons (Fsp3) is 0.417. The highest BCUT2D eigenvalue weighted by molar-refractivity contribution is 9.10. The van der Waals surface area contributed by atoms with Crippen molar-refractivity contribution in [3.05, 3.63) is 27.7 Å². The highest BCUT2D eigenvalue weighted by Gasteiger charge is 2.29. The molecule has 4 heteroatoms. The van der Waals surface area contributed by atoms with Gasteiger partial charge >= 0.3 is 0 Å². The van der Waals surface area contributed by atoms with Gasteiger partial charge in [-0.2, -0.15) is 5.26 Å². The van der Waals surface area contributed by atoms with Gasteiger partial charge in [-0.25, -0.2) is 0 Å². The minimum atomic E-state index is -0.0105. The first-order chi connectivity index (χ1) is 7.70. The first kappa shape index (κ1) is 11.8. The van der Waals surface area contributed by atoms with Gasteiger partial charge in [0, 0.05) is 4.47 Å². The maximum atomic E-state index is 8.96. The van der Waals surface area contributed by atoms with Gasteiger partial charge in [-0.15, -0.1) is 0 Å². The monoisotopic (exact) mass is 299 g/mol. The largest absolute Gasteiger partial charge is 0.487 e. The van der Waals surface area contributed by atoms with Gasteiger partial charge in [0.25, 0.3) is 0 Å². The molecule has 0 amide bonds. The summed E-state index contributed by atoms with van der Waals surface area (Å²) in [6.45, 7) is 0. The van der Waals surface area contributed by atoms with E-state index in [1.165, 1.54) is 0 Å². The third-order valence-corrected chi connectivity index (χ3v) is 3.58. The minimum absolute atomic E-state index is 0.000265. The number of nitrogens with zero attached hydrogens (tertiary/aromatic N) is 1. The molecule has 1 fully saturated rings. The lowest BCUT2D eigenvalue weighted by Gasteiger charge is -2.17. The van der Waals surface area contributed by atoms with Crippen LogP contribution in [-0.2, 0) is 0 Å². The zero-order valence-corrected chi connectivity index (χ0v) is 11.0. The van der Waals surface area contributed by atoms with Crippen molar-refractivity contribution in [2.24, 2.45) is 5.92 Å². The van der Waals surface area contributed by atoms with Gasteiger partial charge in [-0.1, -0.05) is 27.5 Å². The Morgan fingerprint density at radius 2 is 2.25 bits per heavy atom. The molecule has 84 valence electrons. The summed E-state index contributed by atoms with van der Waals surface area (Å²) in [5.74, 6) is 0.664. The van der Waals surface area contributed by atoms with Crippen LogP contribution < -0.4 is 4.74 Å². The van der Waals surface area contributed by atoms with Crippen molar-refractivity contribution in [2.45, 2.75) is 25.4 Å². The van der Waals surface area contributed by atoms with E-state index in [-0.39, 0.29) is 12.0 Å². The Labute approximate surface area is 108 Å². The molecule has 2 rings (SSSR count). The van der Waals surface area contributed by atoms with Crippen LogP contribution in [0.5, 0.6) is 5.75 Å². The fourth-order valence-electron chi connectivity index (χ4n) is 1.95. The second-order valence-electron chi connectivity index (χ2n) is 3.90. The van der Waals surface area contributed by atoms with Crippen molar-refractivity contribution in [2.75, 3.05) is 0 Å². The summed E-state index contributed by atoms with van der Waals surface area (Å²) in [6.07, 6.45) is 2.90. The molecular formula is C12H11BrClNO. The molecule has 0 aromatic heterocycles. The molecule has 0 radical (unpaired) electrons. The van der Waals surface area contributed by atoms with Gasteiger partial charge in [0.15, 0.2) is 0 Å². The second-order valence-corrected chi connectivity index (χ2v) is 5.22. The first-order valence-electron chi connectivity index (χ1n) is 5.22. The van der Waals surface area contributed by atoms with Crippen molar-refractivity contribution in [3.8, 4) is 11.8 Å². The van der Waals surface area contributed by atoms with Gasteiger partial charge in [0.2, 0.25) is 0 Å². The molecule has 2 atom stereocenters. The molecule has 1 aliphatic rings. The van der Waals surface area contributed by atoms with Gasteiger partial charge < -0.3 is 4.74 Å². The highest BCUT2D eigenvalue weighted by atomic mass is 79.9. The van der Waals surface area contributed by atoms with E-state index in [4.69, 9.17) is 21.6 Å². The van der Waals surface area contributed by atoms with Crippen molar-refractivity contribution < 1.29 is 4.74 Å². The third-order valence-electron chi connectivity index (χ3n) is 2.79. The molecule has 1 aromatic rings. The minimum Gasteiger partial charge on any atom is -0.487 e. The van der Waals surface area contributed by atoms with E-state index in [2.05, 4.69) is 22.0 Å². The molecule has 0 saturated heterocycles. The number of benzene rings is 1. The van der Waals surface area contributed by atoms with Gasteiger partial charge in [0.1, 0.15) is 11.9 Å². The van der Waals surface area contributed by atoms with Crippen LogP contribution in [0.15, 0.2) is 22.7 Å². The first-order valence-corrected chi connectivity index (χ1v) is 6.39. The Morgan fingerprint density at radius 3 is 2.94 bits per heavy atom. The van der Waals surface area contributed by atoms with E-state index < -0.39 is 0 Å². The summed E-state index contributed by atoms with van der Waals surface area (Å²) in [5.41, 5.74) is 0. The van der Waals surface area contributed by atoms with E-state index in [1.54, 1.807) is 6.07 Å². The maximum Gasteiger partial charge on any atom is 0.138 e. The Kier molecular flexibility index (Phi) is 3.73. The van der Waals surface area contributed by atoms with Crippen LogP contribution in [0, 0.1) is 17.2 Å². The van der Waals surface area contributed by atoms with Gasteiger partial charge in [0.05, 0.1) is 17.0 Å². The molecule has 16 heavy (non-hydrogen) atoms. The molecule has 1 aliphatic carbocycles. The average Bonchev–Trinajstić information content (AvgIpc) is 2.69. The van der Waals surface area contributed by atoms with E-state index in [1.807, 2.05) is 12.1 Å². The van der Waals surface area contributed by atoms with Gasteiger partial charge in [-0.05, 0) is 37.5 Å². The number of nitriles is 1. The fourth-order valence-corrected chi connectivity index (χ4v) is 2.67. The molecule has 2 nitrogen and oxygen atoms in total. The summed E-state index contributed by atoms with van der Waals surface area (Å²) in [4.78, 5) is 0. The summed E-state index contributed by atoms with van der Waals surface area (Å²) in [6, 6.07) is 7.81. The van der Waals surface area contributed by atoms with E-state index >= 15 is 0 Å². The molecule has 0 spiro atoms. The summed E-state index contributed by atoms with van der Waals surface area (Å²) < 4.78 is 6.71. The smallest absolute Gasteiger partial charge is 0.138 e. The van der Waals surface area contributed by atoms with Crippen molar-refractivity contribution >= 4 is 27.5 Å². The lowest BCUT2D eigenvalue weighted by molar-refractivity contribution is 0.183. The quantitative estimate of drug-likeness (QED) is 0.821.